The van der Waals surface area contributed by atoms with Gasteiger partial charge in [0.25, 0.3) is 5.91 Å². The van der Waals surface area contributed by atoms with Crippen LogP contribution in [0.3, 0.4) is 0 Å². The van der Waals surface area contributed by atoms with Crippen molar-refractivity contribution in [1.29, 1.82) is 5.26 Å². The Morgan fingerprint density at radius 2 is 1.92 bits per heavy atom. The van der Waals surface area contributed by atoms with E-state index in [1.807, 2.05) is 42.6 Å². The van der Waals surface area contributed by atoms with E-state index in [-0.39, 0.29) is 18.0 Å². The van der Waals surface area contributed by atoms with Crippen LogP contribution >= 0.6 is 15.9 Å². The summed E-state index contributed by atoms with van der Waals surface area (Å²) in [6, 6.07) is 20.0. The minimum atomic E-state index is -0.441. The van der Waals surface area contributed by atoms with Crippen molar-refractivity contribution in [2.45, 2.75) is 19.4 Å². The Kier molecular flexibility index (Phi) is 8.55. The SMILES string of the molecule is C=CCc1cc(/C=C(/C#N)C(=O)NCCc2c[nH]c3ccccc23)cc(Br)c1OCc1ccccc1F. The monoisotopic (exact) mass is 557 g/mol. The number of carbonyl (C=O) groups is 1. The molecule has 4 rings (SSSR count). The fourth-order valence-corrected chi connectivity index (χ4v) is 4.68. The zero-order chi connectivity index (χ0) is 26.2. The fourth-order valence-electron chi connectivity index (χ4n) is 4.05. The Morgan fingerprint density at radius 1 is 1.14 bits per heavy atom. The number of aromatic amines is 1. The van der Waals surface area contributed by atoms with Gasteiger partial charge in [0.1, 0.15) is 29.8 Å². The second-order valence-electron chi connectivity index (χ2n) is 8.40. The van der Waals surface area contributed by atoms with E-state index in [2.05, 4.69) is 32.8 Å². The van der Waals surface area contributed by atoms with Gasteiger partial charge in [0.2, 0.25) is 0 Å². The summed E-state index contributed by atoms with van der Waals surface area (Å²) in [6.45, 7) is 4.26. The molecule has 37 heavy (non-hydrogen) atoms. The highest BCUT2D eigenvalue weighted by Crippen LogP contribution is 2.33. The van der Waals surface area contributed by atoms with Crippen LogP contribution in [0.4, 0.5) is 4.39 Å². The third-order valence-corrected chi connectivity index (χ3v) is 6.46. The van der Waals surface area contributed by atoms with E-state index in [4.69, 9.17) is 4.74 Å². The lowest BCUT2D eigenvalue weighted by molar-refractivity contribution is -0.117. The molecule has 0 fully saturated rings. The molecule has 0 aliphatic heterocycles. The number of halogens is 2. The molecule has 1 heterocycles. The lowest BCUT2D eigenvalue weighted by atomic mass is 10.0. The molecule has 0 atom stereocenters. The Labute approximate surface area is 223 Å². The molecule has 4 aromatic rings. The van der Waals surface area contributed by atoms with E-state index >= 15 is 0 Å². The third-order valence-electron chi connectivity index (χ3n) is 5.87. The van der Waals surface area contributed by atoms with Crippen molar-refractivity contribution in [2.75, 3.05) is 6.54 Å². The third kappa shape index (κ3) is 6.35. The van der Waals surface area contributed by atoms with Gasteiger partial charge in [0.15, 0.2) is 0 Å². The molecule has 186 valence electrons. The van der Waals surface area contributed by atoms with E-state index in [0.717, 1.165) is 22.0 Å². The van der Waals surface area contributed by atoms with Crippen LogP contribution in [-0.4, -0.2) is 17.4 Å². The van der Waals surface area contributed by atoms with Gasteiger partial charge in [-0.25, -0.2) is 4.39 Å². The van der Waals surface area contributed by atoms with Crippen molar-refractivity contribution in [2.24, 2.45) is 0 Å². The maximum absolute atomic E-state index is 14.0. The van der Waals surface area contributed by atoms with Gasteiger partial charge in [-0.2, -0.15) is 5.26 Å². The molecule has 0 saturated heterocycles. The first-order chi connectivity index (χ1) is 18.0. The highest BCUT2D eigenvalue weighted by molar-refractivity contribution is 9.10. The number of nitrogens with one attached hydrogen (secondary N) is 2. The standard InChI is InChI=1S/C30H25BrFN3O2/c1-2-7-21-14-20(16-26(31)29(21)37-19-23-8-3-5-10-27(23)32)15-24(17-33)30(36)34-13-12-22-18-35-28-11-6-4-9-25(22)28/h2-6,8-11,14-16,18,35H,1,7,12-13,19H2,(H,34,36)/b24-15-. The van der Waals surface area contributed by atoms with Crippen molar-refractivity contribution in [3.63, 3.8) is 0 Å². The van der Waals surface area contributed by atoms with E-state index in [1.165, 1.54) is 6.07 Å². The molecule has 1 aromatic heterocycles. The van der Waals surface area contributed by atoms with Crippen molar-refractivity contribution in [1.82, 2.24) is 10.3 Å². The van der Waals surface area contributed by atoms with Gasteiger partial charge >= 0.3 is 0 Å². The summed E-state index contributed by atoms with van der Waals surface area (Å²) in [5, 5.41) is 13.6. The molecule has 0 aliphatic rings. The van der Waals surface area contributed by atoms with Crippen LogP contribution in [-0.2, 0) is 24.2 Å². The number of carbonyl (C=O) groups excluding carboxylic acids is 1. The molecule has 0 radical (unpaired) electrons. The summed E-state index contributed by atoms with van der Waals surface area (Å²) in [4.78, 5) is 15.9. The van der Waals surface area contributed by atoms with Gasteiger partial charge in [-0.3, -0.25) is 4.79 Å². The lowest BCUT2D eigenvalue weighted by Crippen LogP contribution is -2.26. The molecule has 5 nitrogen and oxygen atoms in total. The first kappa shape index (κ1) is 25.9. The predicted octanol–water partition coefficient (Wildman–Crippen LogP) is 6.64. The molecular weight excluding hydrogens is 533 g/mol. The van der Waals surface area contributed by atoms with Crippen molar-refractivity contribution in [3.05, 3.63) is 118 Å². The number of fused-ring (bicyclic) bond motifs is 1. The number of nitriles is 1. The Morgan fingerprint density at radius 3 is 2.70 bits per heavy atom. The molecule has 7 heteroatoms. The minimum Gasteiger partial charge on any atom is -0.487 e. The van der Waals surface area contributed by atoms with Crippen LogP contribution in [0, 0.1) is 17.1 Å². The average molecular weight is 558 g/mol. The van der Waals surface area contributed by atoms with Crippen LogP contribution in [0.2, 0.25) is 0 Å². The topological polar surface area (TPSA) is 77.9 Å². The highest BCUT2D eigenvalue weighted by atomic mass is 79.9. The predicted molar refractivity (Wildman–Crippen MR) is 147 cm³/mol. The maximum Gasteiger partial charge on any atom is 0.261 e. The van der Waals surface area contributed by atoms with E-state index < -0.39 is 5.91 Å². The Bertz CT molecular complexity index is 1520. The number of para-hydroxylation sites is 1. The van der Waals surface area contributed by atoms with E-state index in [0.29, 0.717) is 40.7 Å². The summed E-state index contributed by atoms with van der Waals surface area (Å²) in [7, 11) is 0. The van der Waals surface area contributed by atoms with Gasteiger partial charge in [-0.05, 0) is 75.8 Å². The smallest absolute Gasteiger partial charge is 0.261 e. The number of H-pyrrole nitrogens is 1. The number of benzene rings is 3. The number of hydrogen-bond acceptors (Lipinski definition) is 3. The number of allylic oxidation sites excluding steroid dienone is 1. The van der Waals surface area contributed by atoms with Crippen LogP contribution in [0.25, 0.3) is 17.0 Å². The van der Waals surface area contributed by atoms with Crippen LogP contribution < -0.4 is 10.1 Å². The number of aromatic nitrogens is 1. The molecule has 0 saturated carbocycles. The number of nitrogens with zero attached hydrogens (tertiary/aromatic N) is 1. The first-order valence-corrected chi connectivity index (χ1v) is 12.5. The number of ether oxygens (including phenoxy) is 1. The van der Waals surface area contributed by atoms with Gasteiger partial charge < -0.3 is 15.0 Å². The summed E-state index contributed by atoms with van der Waals surface area (Å²) < 4.78 is 20.6. The molecule has 2 N–H and O–H groups in total. The van der Waals surface area contributed by atoms with E-state index in [1.54, 1.807) is 36.4 Å². The fraction of sp³-hybridized carbons (Fsp3) is 0.133. The molecule has 0 aliphatic carbocycles. The first-order valence-electron chi connectivity index (χ1n) is 11.7. The van der Waals surface area contributed by atoms with Crippen molar-refractivity contribution >= 4 is 38.8 Å². The van der Waals surface area contributed by atoms with E-state index in [9.17, 15) is 14.4 Å². The zero-order valence-electron chi connectivity index (χ0n) is 20.1. The minimum absolute atomic E-state index is 0.00425. The molecule has 0 unspecified atom stereocenters. The highest BCUT2D eigenvalue weighted by Gasteiger charge is 2.14. The molecule has 0 spiro atoms. The van der Waals surface area contributed by atoms with Gasteiger partial charge in [0, 0.05) is 29.2 Å². The quantitative estimate of drug-likeness (QED) is 0.130. The number of hydrogen-bond donors (Lipinski definition) is 2. The second-order valence-corrected chi connectivity index (χ2v) is 9.25. The molecule has 0 bridgehead atoms. The Hall–Kier alpha value is -4.15. The van der Waals surface area contributed by atoms with Crippen LogP contribution in [0.15, 0.2) is 89.6 Å². The van der Waals surface area contributed by atoms with Gasteiger partial charge in [0.05, 0.1) is 4.47 Å². The summed E-state index contributed by atoms with van der Waals surface area (Å²) in [6.07, 6.45) is 6.34. The normalized spacial score (nSPS) is 11.2. The van der Waals surface area contributed by atoms with Gasteiger partial charge in [-0.15, -0.1) is 6.58 Å². The molecule has 3 aromatic carbocycles. The maximum atomic E-state index is 14.0. The zero-order valence-corrected chi connectivity index (χ0v) is 21.6. The number of amides is 1. The largest absolute Gasteiger partial charge is 0.487 e. The summed E-state index contributed by atoms with van der Waals surface area (Å²) in [5.74, 6) is -0.219. The summed E-state index contributed by atoms with van der Waals surface area (Å²) in [5.41, 5.74) is 4.04. The van der Waals surface area contributed by atoms with Crippen molar-refractivity contribution < 1.29 is 13.9 Å². The molecule has 1 amide bonds. The second kappa shape index (κ2) is 12.2. The molecular formula is C30H25BrFN3O2. The van der Waals surface area contributed by atoms with Crippen LogP contribution in [0.5, 0.6) is 5.75 Å². The summed E-state index contributed by atoms with van der Waals surface area (Å²) >= 11 is 3.52. The number of rotatable bonds is 10. The van der Waals surface area contributed by atoms with Gasteiger partial charge in [-0.1, -0.05) is 42.5 Å². The lowest BCUT2D eigenvalue weighted by Gasteiger charge is -2.14. The Balaban J connectivity index is 1.47. The van der Waals surface area contributed by atoms with Crippen LogP contribution in [0.1, 0.15) is 22.3 Å². The average Bonchev–Trinajstić information content (AvgIpc) is 3.31. The van der Waals surface area contributed by atoms with Crippen molar-refractivity contribution in [3.8, 4) is 11.8 Å².